The Morgan fingerprint density at radius 3 is 2.67 bits per heavy atom. The van der Waals surface area contributed by atoms with Crippen LogP contribution in [0.4, 0.5) is 0 Å². The van der Waals surface area contributed by atoms with Gasteiger partial charge in [0.05, 0.1) is 0 Å². The predicted molar refractivity (Wildman–Crippen MR) is 68.9 cm³/mol. The van der Waals surface area contributed by atoms with Gasteiger partial charge in [-0.3, -0.25) is 14.2 Å². The van der Waals surface area contributed by atoms with E-state index in [2.05, 4.69) is 4.98 Å². The van der Waals surface area contributed by atoms with Crippen LogP contribution in [0.5, 0.6) is 0 Å². The molecule has 2 aromatic rings. The molecule has 0 unspecified atom stereocenters. The molecule has 0 saturated heterocycles. The minimum absolute atomic E-state index is 0.0925. The van der Waals surface area contributed by atoms with Gasteiger partial charge in [0.1, 0.15) is 11.0 Å². The van der Waals surface area contributed by atoms with Crippen molar-refractivity contribution in [2.75, 3.05) is 0 Å². The fourth-order valence-corrected chi connectivity index (χ4v) is 1.93. The van der Waals surface area contributed by atoms with E-state index in [0.29, 0.717) is 18.9 Å². The van der Waals surface area contributed by atoms with E-state index in [1.165, 1.54) is 16.7 Å². The number of nitrogens with zero attached hydrogens (tertiary/aromatic N) is 3. The molecule has 0 aliphatic carbocycles. The molecule has 0 amide bonds. The predicted octanol–water partition coefficient (Wildman–Crippen LogP) is 1.07. The van der Waals surface area contributed by atoms with Crippen LogP contribution in [0.15, 0.2) is 40.1 Å². The van der Waals surface area contributed by atoms with Crippen LogP contribution in [0.3, 0.4) is 0 Å². The Balaban J connectivity index is 2.24. The third-order valence-corrected chi connectivity index (χ3v) is 2.82. The lowest BCUT2D eigenvalue weighted by Gasteiger charge is -2.10. The Bertz CT molecular complexity index is 676. The Morgan fingerprint density at radius 2 is 2.00 bits per heavy atom. The van der Waals surface area contributed by atoms with Gasteiger partial charge < -0.3 is 4.57 Å². The van der Waals surface area contributed by atoms with Gasteiger partial charge >= 0.3 is 0 Å². The number of aryl methyl sites for hydroxylation is 2. The maximum atomic E-state index is 11.7. The summed E-state index contributed by atoms with van der Waals surface area (Å²) in [6, 6.07) is 6.20. The molecule has 0 aliphatic heterocycles. The van der Waals surface area contributed by atoms with Crippen LogP contribution in [-0.2, 0) is 13.1 Å². The Labute approximate surface area is 108 Å². The molecule has 5 nitrogen and oxygen atoms in total. The third-order valence-electron chi connectivity index (χ3n) is 2.63. The molecule has 2 aromatic heterocycles. The maximum Gasteiger partial charge on any atom is 0.255 e. The number of rotatable bonds is 3. The molecule has 0 aliphatic rings. The first-order valence-corrected chi connectivity index (χ1v) is 5.85. The highest BCUT2D eigenvalue weighted by molar-refractivity contribution is 6.29. The molecule has 0 spiro atoms. The van der Waals surface area contributed by atoms with Crippen molar-refractivity contribution in [3.63, 3.8) is 0 Å². The van der Waals surface area contributed by atoms with E-state index < -0.39 is 0 Å². The molecule has 0 saturated carbocycles. The van der Waals surface area contributed by atoms with Crippen molar-refractivity contribution in [1.82, 2.24) is 14.1 Å². The standard InChI is InChI=1S/C12H12ClN3O2/c1-9-14-10(13)8-12(18)16(9)7-6-15-5-3-2-4-11(15)17/h2-5,8H,6-7H2,1H3. The Morgan fingerprint density at radius 1 is 1.22 bits per heavy atom. The molecule has 0 aromatic carbocycles. The molecule has 0 fully saturated rings. The minimum Gasteiger partial charge on any atom is -0.314 e. The van der Waals surface area contributed by atoms with E-state index in [0.717, 1.165) is 0 Å². The SMILES string of the molecule is Cc1nc(Cl)cc(=O)n1CCn1ccccc1=O. The number of aromatic nitrogens is 3. The minimum atomic E-state index is -0.212. The zero-order chi connectivity index (χ0) is 13.1. The molecule has 0 atom stereocenters. The first-order valence-electron chi connectivity index (χ1n) is 5.47. The molecular formula is C12H12ClN3O2. The van der Waals surface area contributed by atoms with E-state index >= 15 is 0 Å². The van der Waals surface area contributed by atoms with Crippen LogP contribution in [-0.4, -0.2) is 14.1 Å². The third kappa shape index (κ3) is 2.68. The topological polar surface area (TPSA) is 56.9 Å². The van der Waals surface area contributed by atoms with Crippen LogP contribution in [0.1, 0.15) is 5.82 Å². The summed E-state index contributed by atoms with van der Waals surface area (Å²) in [6.45, 7) is 2.52. The number of hydrogen-bond donors (Lipinski definition) is 0. The highest BCUT2D eigenvalue weighted by atomic mass is 35.5. The summed E-state index contributed by atoms with van der Waals surface area (Å²) in [5, 5.41) is 0.186. The summed E-state index contributed by atoms with van der Waals surface area (Å²) in [5.41, 5.74) is -0.304. The summed E-state index contributed by atoms with van der Waals surface area (Å²) < 4.78 is 3.03. The quantitative estimate of drug-likeness (QED) is 0.780. The summed E-state index contributed by atoms with van der Waals surface area (Å²) in [5.74, 6) is 0.538. The van der Waals surface area contributed by atoms with E-state index in [9.17, 15) is 9.59 Å². The number of halogens is 1. The molecule has 18 heavy (non-hydrogen) atoms. The Hall–Kier alpha value is -1.88. The average Bonchev–Trinajstić information content (AvgIpc) is 2.30. The largest absolute Gasteiger partial charge is 0.314 e. The number of pyridine rings is 1. The van der Waals surface area contributed by atoms with Crippen molar-refractivity contribution in [3.05, 3.63) is 62.1 Å². The van der Waals surface area contributed by atoms with Crippen molar-refractivity contribution in [1.29, 1.82) is 0 Å². The van der Waals surface area contributed by atoms with E-state index in [4.69, 9.17) is 11.6 Å². The van der Waals surface area contributed by atoms with Crippen LogP contribution in [0, 0.1) is 6.92 Å². The van der Waals surface area contributed by atoms with Gasteiger partial charge in [-0.2, -0.15) is 0 Å². The zero-order valence-electron chi connectivity index (χ0n) is 9.84. The van der Waals surface area contributed by atoms with Gasteiger partial charge in [-0.15, -0.1) is 0 Å². The fourth-order valence-electron chi connectivity index (χ4n) is 1.71. The lowest BCUT2D eigenvalue weighted by atomic mass is 10.4. The fraction of sp³-hybridized carbons (Fsp3) is 0.250. The average molecular weight is 266 g/mol. The van der Waals surface area contributed by atoms with Gasteiger partial charge in [-0.1, -0.05) is 17.7 Å². The smallest absolute Gasteiger partial charge is 0.255 e. The molecular weight excluding hydrogens is 254 g/mol. The van der Waals surface area contributed by atoms with Crippen molar-refractivity contribution in [2.45, 2.75) is 20.0 Å². The highest BCUT2D eigenvalue weighted by Crippen LogP contribution is 2.01. The lowest BCUT2D eigenvalue weighted by Crippen LogP contribution is -2.27. The van der Waals surface area contributed by atoms with Crippen LogP contribution < -0.4 is 11.1 Å². The van der Waals surface area contributed by atoms with Gasteiger partial charge in [-0.05, 0) is 13.0 Å². The van der Waals surface area contributed by atoms with Gasteiger partial charge in [0.15, 0.2) is 0 Å². The first-order chi connectivity index (χ1) is 8.58. The summed E-state index contributed by atoms with van der Waals surface area (Å²) in [7, 11) is 0. The van der Waals surface area contributed by atoms with Crippen molar-refractivity contribution in [2.24, 2.45) is 0 Å². The van der Waals surface area contributed by atoms with Crippen molar-refractivity contribution >= 4 is 11.6 Å². The molecule has 2 rings (SSSR count). The summed E-state index contributed by atoms with van der Waals surface area (Å²) in [6.07, 6.45) is 1.69. The second-order valence-electron chi connectivity index (χ2n) is 3.85. The molecule has 0 radical (unpaired) electrons. The van der Waals surface area contributed by atoms with Gasteiger partial charge in [0, 0.05) is 31.4 Å². The van der Waals surface area contributed by atoms with E-state index in [1.54, 1.807) is 29.8 Å². The summed E-state index contributed by atoms with van der Waals surface area (Å²) in [4.78, 5) is 27.2. The van der Waals surface area contributed by atoms with E-state index in [1.807, 2.05) is 0 Å². The number of hydrogen-bond acceptors (Lipinski definition) is 3. The lowest BCUT2D eigenvalue weighted by molar-refractivity contribution is 0.535. The van der Waals surface area contributed by atoms with Crippen LogP contribution in [0.2, 0.25) is 5.15 Å². The van der Waals surface area contributed by atoms with Crippen molar-refractivity contribution < 1.29 is 0 Å². The monoisotopic (exact) mass is 265 g/mol. The second-order valence-corrected chi connectivity index (χ2v) is 4.24. The molecule has 2 heterocycles. The highest BCUT2D eigenvalue weighted by Gasteiger charge is 2.04. The first kappa shape index (κ1) is 12.6. The summed E-state index contributed by atoms with van der Waals surface area (Å²) >= 11 is 5.68. The Kier molecular flexibility index (Phi) is 3.62. The second kappa shape index (κ2) is 5.18. The maximum absolute atomic E-state index is 11.7. The molecule has 0 N–H and O–H groups in total. The van der Waals surface area contributed by atoms with Crippen LogP contribution in [0.25, 0.3) is 0 Å². The molecule has 6 heteroatoms. The van der Waals surface area contributed by atoms with Crippen LogP contribution >= 0.6 is 11.6 Å². The van der Waals surface area contributed by atoms with Gasteiger partial charge in [0.25, 0.3) is 11.1 Å². The van der Waals surface area contributed by atoms with Gasteiger partial charge in [-0.25, -0.2) is 4.98 Å². The van der Waals surface area contributed by atoms with Gasteiger partial charge in [0.2, 0.25) is 0 Å². The molecule has 94 valence electrons. The zero-order valence-corrected chi connectivity index (χ0v) is 10.6. The molecule has 0 bridgehead atoms. The van der Waals surface area contributed by atoms with Crippen molar-refractivity contribution in [3.8, 4) is 0 Å². The normalized spacial score (nSPS) is 10.6. The van der Waals surface area contributed by atoms with E-state index in [-0.39, 0.29) is 16.3 Å².